The normalized spacial score (nSPS) is 29.6. The summed E-state index contributed by atoms with van der Waals surface area (Å²) >= 11 is 0. The molecule has 0 saturated carbocycles. The molecular weight excluding hydrogens is 138 g/mol. The highest BCUT2D eigenvalue weighted by Crippen LogP contribution is 2.15. The van der Waals surface area contributed by atoms with Crippen molar-refractivity contribution in [3.63, 3.8) is 0 Å². The molecule has 1 rings (SSSR count). The molecule has 5 nitrogen and oxygen atoms in total. The third-order valence-electron chi connectivity index (χ3n) is 1.34. The van der Waals surface area contributed by atoms with Crippen LogP contribution in [0.4, 0.5) is 0 Å². The van der Waals surface area contributed by atoms with Crippen molar-refractivity contribution in [2.75, 3.05) is 13.1 Å². The van der Waals surface area contributed by atoms with Crippen LogP contribution in [-0.2, 0) is 9.59 Å². The molecule has 1 aliphatic rings. The average molecular weight is 145 g/mol. The first kappa shape index (κ1) is 7.01. The Hall–Kier alpha value is -1.10. The Morgan fingerprint density at radius 3 is 2.40 bits per heavy atom. The van der Waals surface area contributed by atoms with Gasteiger partial charge in [0.05, 0.1) is 6.54 Å². The van der Waals surface area contributed by atoms with Gasteiger partial charge >= 0.3 is 11.9 Å². The molecule has 0 aliphatic carbocycles. The second-order valence-corrected chi connectivity index (χ2v) is 2.18. The van der Waals surface area contributed by atoms with Crippen molar-refractivity contribution in [2.24, 2.45) is 0 Å². The van der Waals surface area contributed by atoms with E-state index >= 15 is 0 Å². The molecule has 56 valence electrons. The van der Waals surface area contributed by atoms with Gasteiger partial charge < -0.3 is 10.2 Å². The van der Waals surface area contributed by atoms with Crippen LogP contribution in [-0.4, -0.2) is 46.2 Å². The fourth-order valence-electron chi connectivity index (χ4n) is 0.758. The molecule has 1 fully saturated rings. The van der Waals surface area contributed by atoms with Crippen molar-refractivity contribution < 1.29 is 19.8 Å². The smallest absolute Gasteiger partial charge is 0.322 e. The molecule has 10 heavy (non-hydrogen) atoms. The number of nitrogens with zero attached hydrogens (tertiary/aromatic N) is 1. The maximum Gasteiger partial charge on any atom is 0.322 e. The number of hydrogen-bond acceptors (Lipinski definition) is 3. The van der Waals surface area contributed by atoms with Crippen molar-refractivity contribution >= 4 is 11.9 Å². The summed E-state index contributed by atoms with van der Waals surface area (Å²) in [6.45, 7) is 0.193. The zero-order valence-corrected chi connectivity index (χ0v) is 5.15. The van der Waals surface area contributed by atoms with Crippen LogP contribution in [0.25, 0.3) is 0 Å². The lowest BCUT2D eigenvalue weighted by molar-refractivity contribution is -0.138. The number of rotatable bonds is 3. The third kappa shape index (κ3) is 1.44. The van der Waals surface area contributed by atoms with Crippen LogP contribution in [0.5, 0.6) is 0 Å². The Kier molecular flexibility index (Phi) is 1.58. The fourth-order valence-corrected chi connectivity index (χ4v) is 0.758. The molecule has 0 aromatic carbocycles. The van der Waals surface area contributed by atoms with E-state index in [-0.39, 0.29) is 6.54 Å². The van der Waals surface area contributed by atoms with E-state index in [2.05, 4.69) is 0 Å². The van der Waals surface area contributed by atoms with E-state index in [4.69, 9.17) is 10.2 Å². The summed E-state index contributed by atoms with van der Waals surface area (Å²) in [5.74, 6) is -1.93. The van der Waals surface area contributed by atoms with Crippen LogP contribution in [0.3, 0.4) is 0 Å². The minimum Gasteiger partial charge on any atom is -0.480 e. The number of carboxylic acid groups (broad SMARTS) is 2. The van der Waals surface area contributed by atoms with Crippen LogP contribution in [0.2, 0.25) is 0 Å². The molecule has 0 radical (unpaired) electrons. The molecule has 1 saturated heterocycles. The Balaban J connectivity index is 2.26. The van der Waals surface area contributed by atoms with Gasteiger partial charge in [0.15, 0.2) is 0 Å². The van der Waals surface area contributed by atoms with Crippen molar-refractivity contribution in [3.8, 4) is 0 Å². The lowest BCUT2D eigenvalue weighted by Crippen LogP contribution is -2.18. The first-order valence-electron chi connectivity index (χ1n) is 2.80. The minimum atomic E-state index is -0.983. The van der Waals surface area contributed by atoms with Crippen LogP contribution in [0, 0.1) is 0 Å². The zero-order chi connectivity index (χ0) is 7.72. The van der Waals surface area contributed by atoms with E-state index < -0.39 is 18.0 Å². The van der Waals surface area contributed by atoms with Gasteiger partial charge in [-0.3, -0.25) is 14.5 Å². The summed E-state index contributed by atoms with van der Waals surface area (Å²) in [5.41, 5.74) is 0. The highest BCUT2D eigenvalue weighted by molar-refractivity contribution is 5.79. The summed E-state index contributed by atoms with van der Waals surface area (Å²) in [6, 6.07) is -0.559. The molecule has 0 bridgehead atoms. The van der Waals surface area contributed by atoms with Gasteiger partial charge in [-0.05, 0) is 0 Å². The Morgan fingerprint density at radius 1 is 1.50 bits per heavy atom. The lowest BCUT2D eigenvalue weighted by atomic mass is 10.5. The predicted molar refractivity (Wildman–Crippen MR) is 30.6 cm³/mol. The summed E-state index contributed by atoms with van der Waals surface area (Å²) in [5, 5.41) is 16.5. The standard InChI is InChI=1S/C5H7NO4/c7-4(8)2-6-1-3(6)5(9)10/h3H,1-2H2,(H,7,8)(H,9,10). The van der Waals surface area contributed by atoms with Crippen LogP contribution in [0.15, 0.2) is 0 Å². The van der Waals surface area contributed by atoms with Gasteiger partial charge in [-0.25, -0.2) is 0 Å². The van der Waals surface area contributed by atoms with Gasteiger partial charge in [0.1, 0.15) is 6.04 Å². The molecule has 5 heteroatoms. The summed E-state index contributed by atoms with van der Waals surface area (Å²) < 4.78 is 0. The maximum atomic E-state index is 10.1. The number of carboxylic acids is 2. The minimum absolute atomic E-state index is 0.170. The SMILES string of the molecule is O=C(O)CN1CC1C(=O)O. The van der Waals surface area contributed by atoms with Gasteiger partial charge in [-0.1, -0.05) is 0 Å². The molecule has 0 aromatic rings. The van der Waals surface area contributed by atoms with Gasteiger partial charge in [0, 0.05) is 6.54 Å². The van der Waals surface area contributed by atoms with Gasteiger partial charge in [-0.2, -0.15) is 0 Å². The largest absolute Gasteiger partial charge is 0.480 e. The molecule has 1 aliphatic heterocycles. The zero-order valence-electron chi connectivity index (χ0n) is 5.15. The van der Waals surface area contributed by atoms with Crippen molar-refractivity contribution in [1.29, 1.82) is 0 Å². The van der Waals surface area contributed by atoms with Crippen LogP contribution >= 0.6 is 0 Å². The summed E-state index contributed by atoms with van der Waals surface area (Å²) in [7, 11) is 0. The molecule has 0 amide bonds. The Bertz CT molecular complexity index is 178. The third-order valence-corrected chi connectivity index (χ3v) is 1.34. The molecule has 0 spiro atoms. The lowest BCUT2D eigenvalue weighted by Gasteiger charge is -1.92. The van der Waals surface area contributed by atoms with E-state index in [0.717, 1.165) is 0 Å². The van der Waals surface area contributed by atoms with Gasteiger partial charge in [0.2, 0.25) is 0 Å². The second-order valence-electron chi connectivity index (χ2n) is 2.18. The molecule has 0 aromatic heterocycles. The highest BCUT2D eigenvalue weighted by Gasteiger charge is 2.41. The molecule has 2 N–H and O–H groups in total. The Morgan fingerprint density at radius 2 is 2.10 bits per heavy atom. The predicted octanol–water partition coefficient (Wildman–Crippen LogP) is -1.16. The van der Waals surface area contributed by atoms with Crippen molar-refractivity contribution in [1.82, 2.24) is 4.90 Å². The first-order chi connectivity index (χ1) is 4.61. The quantitative estimate of drug-likeness (QED) is 0.490. The molecule has 1 heterocycles. The van der Waals surface area contributed by atoms with E-state index in [1.165, 1.54) is 4.90 Å². The van der Waals surface area contributed by atoms with E-state index in [1.807, 2.05) is 0 Å². The molecular formula is C5H7NO4. The first-order valence-corrected chi connectivity index (χ1v) is 2.80. The summed E-state index contributed by atoms with van der Waals surface area (Å²) in [6.07, 6.45) is 0. The topological polar surface area (TPSA) is 77.6 Å². The van der Waals surface area contributed by atoms with E-state index in [9.17, 15) is 9.59 Å². The highest BCUT2D eigenvalue weighted by atomic mass is 16.4. The van der Waals surface area contributed by atoms with Crippen molar-refractivity contribution in [2.45, 2.75) is 6.04 Å². The van der Waals surface area contributed by atoms with E-state index in [1.54, 1.807) is 0 Å². The monoisotopic (exact) mass is 145 g/mol. The number of hydrogen-bond donors (Lipinski definition) is 2. The maximum absolute atomic E-state index is 10.1. The average Bonchev–Trinajstić information content (AvgIpc) is 2.43. The van der Waals surface area contributed by atoms with Crippen molar-refractivity contribution in [3.05, 3.63) is 0 Å². The summed E-state index contributed by atoms with van der Waals surface area (Å²) in [4.78, 5) is 21.5. The van der Waals surface area contributed by atoms with Gasteiger partial charge in [-0.15, -0.1) is 0 Å². The Labute approximate surface area is 56.9 Å². The molecule has 2 atom stereocenters. The fraction of sp³-hybridized carbons (Fsp3) is 0.600. The number of aliphatic carboxylic acids is 2. The second kappa shape index (κ2) is 2.26. The molecule has 2 unspecified atom stereocenters. The van der Waals surface area contributed by atoms with Crippen LogP contribution < -0.4 is 0 Å². The van der Waals surface area contributed by atoms with Crippen LogP contribution in [0.1, 0.15) is 0 Å². The number of carbonyl (C=O) groups is 2. The van der Waals surface area contributed by atoms with E-state index in [0.29, 0.717) is 6.54 Å². The van der Waals surface area contributed by atoms with Gasteiger partial charge in [0.25, 0.3) is 0 Å².